The fourth-order valence-corrected chi connectivity index (χ4v) is 3.46. The number of hydrogen-bond acceptors (Lipinski definition) is 5. The minimum Gasteiger partial charge on any atom is -0.508 e. The van der Waals surface area contributed by atoms with Gasteiger partial charge in [-0.1, -0.05) is 19.9 Å². The number of nitrogens with zero attached hydrogens (tertiary/aromatic N) is 2. The number of rotatable bonds is 1. The summed E-state index contributed by atoms with van der Waals surface area (Å²) in [7, 11) is 0. The molecule has 3 rings (SSSR count). The lowest BCUT2D eigenvalue weighted by molar-refractivity contribution is 0.284. The van der Waals surface area contributed by atoms with Gasteiger partial charge in [0.1, 0.15) is 11.6 Å². The van der Waals surface area contributed by atoms with Crippen LogP contribution in [0.3, 0.4) is 0 Å². The van der Waals surface area contributed by atoms with Gasteiger partial charge in [0.05, 0.1) is 10.8 Å². The molecule has 21 heavy (non-hydrogen) atoms. The SMILES string of the molecule is CC1(C)c2cc(O)ccc2C[C@H](c2ncccn2)[C@]1(N)S. The van der Waals surface area contributed by atoms with Gasteiger partial charge >= 0.3 is 0 Å². The van der Waals surface area contributed by atoms with Crippen molar-refractivity contribution in [2.24, 2.45) is 5.73 Å². The van der Waals surface area contributed by atoms with Crippen LogP contribution in [0, 0.1) is 0 Å². The molecule has 1 aliphatic rings. The van der Waals surface area contributed by atoms with Crippen molar-refractivity contribution in [3.05, 3.63) is 53.6 Å². The Morgan fingerprint density at radius 2 is 1.95 bits per heavy atom. The first-order valence-electron chi connectivity index (χ1n) is 6.94. The van der Waals surface area contributed by atoms with Crippen molar-refractivity contribution in [1.29, 1.82) is 0 Å². The number of phenols is 1. The minimum absolute atomic E-state index is 0.0888. The van der Waals surface area contributed by atoms with E-state index in [0.29, 0.717) is 12.2 Å². The first kappa shape index (κ1) is 14.4. The fraction of sp³-hybridized carbons (Fsp3) is 0.375. The van der Waals surface area contributed by atoms with Gasteiger partial charge in [-0.15, -0.1) is 0 Å². The molecule has 5 heteroatoms. The molecular formula is C16H19N3OS. The van der Waals surface area contributed by atoms with Gasteiger partial charge in [0.25, 0.3) is 0 Å². The maximum Gasteiger partial charge on any atom is 0.134 e. The van der Waals surface area contributed by atoms with Gasteiger partial charge in [-0.3, -0.25) is 0 Å². The van der Waals surface area contributed by atoms with Crippen molar-refractivity contribution in [2.75, 3.05) is 0 Å². The summed E-state index contributed by atoms with van der Waals surface area (Å²) < 4.78 is 0. The predicted octanol–water partition coefficient (Wildman–Crippen LogP) is 2.38. The molecule has 0 saturated carbocycles. The number of benzene rings is 1. The van der Waals surface area contributed by atoms with E-state index >= 15 is 0 Å². The molecule has 1 heterocycles. The zero-order chi connectivity index (χ0) is 15.3. The van der Waals surface area contributed by atoms with Crippen LogP contribution in [0.15, 0.2) is 36.7 Å². The molecule has 0 amide bonds. The molecule has 0 radical (unpaired) electrons. The highest BCUT2D eigenvalue weighted by Gasteiger charge is 2.51. The number of fused-ring (bicyclic) bond motifs is 1. The van der Waals surface area contributed by atoms with E-state index in [9.17, 15) is 5.11 Å². The second-order valence-electron chi connectivity index (χ2n) is 6.16. The Morgan fingerprint density at radius 1 is 1.29 bits per heavy atom. The molecule has 1 aromatic heterocycles. The maximum absolute atomic E-state index is 9.78. The minimum atomic E-state index is -0.810. The smallest absolute Gasteiger partial charge is 0.134 e. The molecule has 2 aromatic rings. The van der Waals surface area contributed by atoms with Gasteiger partial charge < -0.3 is 10.8 Å². The summed E-state index contributed by atoms with van der Waals surface area (Å²) in [5.74, 6) is 0.872. The lowest BCUT2D eigenvalue weighted by atomic mass is 9.64. The first-order chi connectivity index (χ1) is 9.84. The van der Waals surface area contributed by atoms with Gasteiger partial charge in [0.2, 0.25) is 0 Å². The summed E-state index contributed by atoms with van der Waals surface area (Å²) in [5, 5.41) is 9.78. The number of hydrogen-bond donors (Lipinski definition) is 3. The highest BCUT2D eigenvalue weighted by Crippen LogP contribution is 2.51. The normalized spacial score (nSPS) is 27.1. The molecule has 3 N–H and O–H groups in total. The zero-order valence-corrected chi connectivity index (χ0v) is 13.0. The monoisotopic (exact) mass is 301 g/mol. The van der Waals surface area contributed by atoms with E-state index in [0.717, 1.165) is 11.1 Å². The number of aromatic nitrogens is 2. The number of thiol groups is 1. The summed E-state index contributed by atoms with van der Waals surface area (Å²) in [6.07, 6.45) is 4.17. The van der Waals surface area contributed by atoms with E-state index in [1.54, 1.807) is 30.6 Å². The largest absolute Gasteiger partial charge is 0.508 e. The van der Waals surface area contributed by atoms with Crippen LogP contribution in [0.4, 0.5) is 0 Å². The Hall–Kier alpha value is -1.59. The lowest BCUT2D eigenvalue weighted by Gasteiger charge is -2.50. The Kier molecular flexibility index (Phi) is 3.22. The van der Waals surface area contributed by atoms with Crippen LogP contribution in [0.1, 0.15) is 36.7 Å². The van der Waals surface area contributed by atoms with E-state index < -0.39 is 10.3 Å². The first-order valence-corrected chi connectivity index (χ1v) is 7.39. The van der Waals surface area contributed by atoms with E-state index in [2.05, 4.69) is 9.97 Å². The van der Waals surface area contributed by atoms with E-state index in [-0.39, 0.29) is 11.7 Å². The molecule has 1 aromatic carbocycles. The van der Waals surface area contributed by atoms with Gasteiger partial charge in [-0.2, -0.15) is 12.6 Å². The topological polar surface area (TPSA) is 72.0 Å². The molecule has 0 unspecified atom stereocenters. The Morgan fingerprint density at radius 3 is 2.62 bits per heavy atom. The van der Waals surface area contributed by atoms with Crippen LogP contribution in [-0.4, -0.2) is 19.9 Å². The third-order valence-corrected chi connectivity index (χ3v) is 5.49. The average molecular weight is 301 g/mol. The van der Waals surface area contributed by atoms with E-state index in [1.165, 1.54) is 0 Å². The molecule has 0 spiro atoms. The van der Waals surface area contributed by atoms with Crippen molar-refractivity contribution in [2.45, 2.75) is 36.5 Å². The second kappa shape index (κ2) is 4.71. The standard InChI is InChI=1S/C16H19N3OS/c1-15(2)12-9-11(20)5-4-10(12)8-13(16(15,17)21)14-18-6-3-7-19-14/h3-7,9,13,20-21H,8,17H2,1-2H3/t13-,16+/m1/s1. The summed E-state index contributed by atoms with van der Waals surface area (Å²) in [6, 6.07) is 7.24. The molecule has 0 saturated heterocycles. The summed E-state index contributed by atoms with van der Waals surface area (Å²) in [5.41, 5.74) is 8.37. The summed E-state index contributed by atoms with van der Waals surface area (Å²) >= 11 is 4.78. The van der Waals surface area contributed by atoms with Crippen LogP contribution in [0.25, 0.3) is 0 Å². The Balaban J connectivity index is 2.17. The van der Waals surface area contributed by atoms with Crippen molar-refractivity contribution in [3.63, 3.8) is 0 Å². The van der Waals surface area contributed by atoms with Crippen molar-refractivity contribution < 1.29 is 5.11 Å². The van der Waals surface area contributed by atoms with Crippen molar-refractivity contribution in [3.8, 4) is 5.75 Å². The van der Waals surface area contributed by atoms with Crippen LogP contribution < -0.4 is 5.73 Å². The molecule has 1 aliphatic carbocycles. The van der Waals surface area contributed by atoms with Gasteiger partial charge in [0.15, 0.2) is 0 Å². The Bertz CT molecular complexity index is 670. The van der Waals surface area contributed by atoms with E-state index in [1.807, 2.05) is 19.9 Å². The number of aromatic hydroxyl groups is 1. The summed E-state index contributed by atoms with van der Waals surface area (Å²) in [6.45, 7) is 4.10. The number of phenolic OH excluding ortho intramolecular Hbond substituents is 1. The van der Waals surface area contributed by atoms with Crippen LogP contribution in [0.5, 0.6) is 5.75 Å². The molecule has 0 aliphatic heterocycles. The lowest BCUT2D eigenvalue weighted by Crippen LogP contribution is -2.58. The van der Waals surface area contributed by atoms with Gasteiger partial charge in [0, 0.05) is 17.8 Å². The average Bonchev–Trinajstić information content (AvgIpc) is 2.45. The van der Waals surface area contributed by atoms with Crippen molar-refractivity contribution >= 4 is 12.6 Å². The quantitative estimate of drug-likeness (QED) is 0.558. The van der Waals surface area contributed by atoms with E-state index in [4.69, 9.17) is 18.4 Å². The highest BCUT2D eigenvalue weighted by molar-refractivity contribution is 7.81. The molecule has 4 nitrogen and oxygen atoms in total. The molecule has 0 bridgehead atoms. The summed E-state index contributed by atoms with van der Waals surface area (Å²) in [4.78, 5) is 7.92. The Labute approximate surface area is 129 Å². The molecule has 110 valence electrons. The van der Waals surface area contributed by atoms with Crippen LogP contribution in [-0.2, 0) is 11.8 Å². The highest BCUT2D eigenvalue weighted by atomic mass is 32.1. The predicted molar refractivity (Wildman–Crippen MR) is 85.5 cm³/mol. The van der Waals surface area contributed by atoms with Crippen LogP contribution >= 0.6 is 12.6 Å². The molecule has 0 fully saturated rings. The van der Waals surface area contributed by atoms with Crippen LogP contribution in [0.2, 0.25) is 0 Å². The molecule has 2 atom stereocenters. The maximum atomic E-state index is 9.78. The van der Waals surface area contributed by atoms with Crippen molar-refractivity contribution in [1.82, 2.24) is 9.97 Å². The van der Waals surface area contributed by atoms with Gasteiger partial charge in [-0.25, -0.2) is 9.97 Å². The fourth-order valence-electron chi connectivity index (χ4n) is 3.13. The van der Waals surface area contributed by atoms with Gasteiger partial charge in [-0.05, 0) is 35.7 Å². The number of nitrogens with two attached hydrogens (primary N) is 1. The third kappa shape index (κ3) is 2.12. The third-order valence-electron chi connectivity index (χ3n) is 4.62. The molecular weight excluding hydrogens is 282 g/mol. The zero-order valence-electron chi connectivity index (χ0n) is 12.1. The second-order valence-corrected chi connectivity index (χ2v) is 6.90.